The molecule has 0 atom stereocenters. The van der Waals surface area contributed by atoms with E-state index in [1.807, 2.05) is 24.3 Å². The topological polar surface area (TPSA) is 59.0 Å². The Morgan fingerprint density at radius 3 is 2.80 bits per heavy atom. The van der Waals surface area contributed by atoms with Gasteiger partial charge in [0.15, 0.2) is 5.13 Å². The number of rotatable bonds is 4. The number of amides is 1. The van der Waals surface area contributed by atoms with Gasteiger partial charge in [-0.05, 0) is 37.8 Å². The third kappa shape index (κ3) is 3.05. The van der Waals surface area contributed by atoms with Crippen LogP contribution in [0.5, 0.6) is 0 Å². The maximum atomic E-state index is 13.0. The zero-order valence-corrected chi connectivity index (χ0v) is 14.6. The zero-order valence-electron chi connectivity index (χ0n) is 13.8. The Balaban J connectivity index is 1.70. The molecule has 4 rings (SSSR count). The summed E-state index contributed by atoms with van der Waals surface area (Å²) in [4.78, 5) is 29.5. The summed E-state index contributed by atoms with van der Waals surface area (Å²) in [6, 6.07) is 7.54. The molecule has 126 valence electrons. The summed E-state index contributed by atoms with van der Waals surface area (Å²) in [7, 11) is 0. The van der Waals surface area contributed by atoms with Crippen LogP contribution in [0.4, 0.5) is 5.13 Å². The molecule has 0 saturated carbocycles. The summed E-state index contributed by atoms with van der Waals surface area (Å²) in [6.45, 7) is 4.18. The zero-order chi connectivity index (χ0) is 17.2. The molecule has 0 aliphatic heterocycles. The van der Waals surface area contributed by atoms with Gasteiger partial charge >= 0.3 is 0 Å². The Hall–Kier alpha value is -2.60. The van der Waals surface area contributed by atoms with Crippen LogP contribution >= 0.6 is 11.3 Å². The molecule has 2 heterocycles. The molecule has 0 radical (unpaired) electrons. The van der Waals surface area contributed by atoms with Crippen LogP contribution in [0.25, 0.3) is 11.0 Å². The number of aryl methyl sites for hydroxylation is 2. The standard InChI is InChI=1S/C19H18N4OS/c1-2-11-23(19-22-15-9-5-6-10-17(15)25-19)18(24)16-12-20-13-7-3-4-8-14(13)21-16/h2-4,7-8,12H,1,5-6,9-11H2. The first-order valence-electron chi connectivity index (χ1n) is 8.39. The number of anilines is 1. The molecular weight excluding hydrogens is 332 g/mol. The van der Waals surface area contributed by atoms with Gasteiger partial charge in [-0.15, -0.1) is 17.9 Å². The minimum atomic E-state index is -0.191. The van der Waals surface area contributed by atoms with Crippen molar-refractivity contribution in [2.75, 3.05) is 11.4 Å². The van der Waals surface area contributed by atoms with Crippen molar-refractivity contribution in [1.29, 1.82) is 0 Å². The van der Waals surface area contributed by atoms with E-state index in [9.17, 15) is 4.79 Å². The monoisotopic (exact) mass is 350 g/mol. The number of benzene rings is 1. The number of para-hydroxylation sites is 2. The molecule has 0 saturated heterocycles. The van der Waals surface area contributed by atoms with E-state index in [2.05, 4.69) is 16.5 Å². The highest BCUT2D eigenvalue weighted by molar-refractivity contribution is 7.16. The first-order valence-corrected chi connectivity index (χ1v) is 9.21. The van der Waals surface area contributed by atoms with Crippen LogP contribution in [-0.2, 0) is 12.8 Å². The van der Waals surface area contributed by atoms with Crippen molar-refractivity contribution >= 4 is 33.4 Å². The lowest BCUT2D eigenvalue weighted by Gasteiger charge is -2.17. The Morgan fingerprint density at radius 2 is 2.00 bits per heavy atom. The molecule has 3 aromatic rings. The number of hydrogen-bond acceptors (Lipinski definition) is 5. The second kappa shape index (κ2) is 6.72. The van der Waals surface area contributed by atoms with E-state index in [0.717, 1.165) is 29.2 Å². The van der Waals surface area contributed by atoms with Gasteiger partial charge in [0.05, 0.1) is 22.9 Å². The predicted octanol–water partition coefficient (Wildman–Crippen LogP) is 3.80. The molecule has 25 heavy (non-hydrogen) atoms. The van der Waals surface area contributed by atoms with Gasteiger partial charge in [-0.2, -0.15) is 0 Å². The highest BCUT2D eigenvalue weighted by Crippen LogP contribution is 2.32. The van der Waals surface area contributed by atoms with E-state index in [-0.39, 0.29) is 5.91 Å². The smallest absolute Gasteiger partial charge is 0.279 e. The largest absolute Gasteiger partial charge is 0.280 e. The molecule has 0 N–H and O–H groups in total. The minimum Gasteiger partial charge on any atom is -0.279 e. The van der Waals surface area contributed by atoms with Gasteiger partial charge in [0.2, 0.25) is 0 Å². The SMILES string of the molecule is C=CCN(C(=O)c1cnc2ccccc2n1)c1nc2c(s1)CCCC2. The quantitative estimate of drug-likeness (QED) is 0.672. The second-order valence-corrected chi connectivity index (χ2v) is 7.08. The van der Waals surface area contributed by atoms with E-state index in [0.29, 0.717) is 17.8 Å². The van der Waals surface area contributed by atoms with Crippen molar-refractivity contribution in [2.24, 2.45) is 0 Å². The van der Waals surface area contributed by atoms with Crippen molar-refractivity contribution in [3.05, 3.63) is 59.4 Å². The summed E-state index contributed by atoms with van der Waals surface area (Å²) in [5.41, 5.74) is 2.95. The first-order chi connectivity index (χ1) is 12.3. The lowest BCUT2D eigenvalue weighted by molar-refractivity contribution is 0.0985. The molecule has 1 amide bonds. The van der Waals surface area contributed by atoms with Crippen molar-refractivity contribution in [1.82, 2.24) is 15.0 Å². The summed E-state index contributed by atoms with van der Waals surface area (Å²) >= 11 is 1.61. The van der Waals surface area contributed by atoms with Gasteiger partial charge in [-0.3, -0.25) is 14.7 Å². The van der Waals surface area contributed by atoms with Gasteiger partial charge in [-0.1, -0.05) is 18.2 Å². The van der Waals surface area contributed by atoms with Gasteiger partial charge in [0, 0.05) is 11.4 Å². The average Bonchev–Trinajstić information content (AvgIpc) is 3.09. The van der Waals surface area contributed by atoms with Crippen LogP contribution in [-0.4, -0.2) is 27.4 Å². The molecule has 0 spiro atoms. The van der Waals surface area contributed by atoms with Crippen LogP contribution in [0.3, 0.4) is 0 Å². The summed E-state index contributed by atoms with van der Waals surface area (Å²) < 4.78 is 0. The molecule has 0 bridgehead atoms. The van der Waals surface area contributed by atoms with Crippen LogP contribution in [0, 0.1) is 0 Å². The number of carbonyl (C=O) groups excluding carboxylic acids is 1. The molecule has 5 nitrogen and oxygen atoms in total. The number of nitrogens with zero attached hydrogens (tertiary/aromatic N) is 4. The van der Waals surface area contributed by atoms with Gasteiger partial charge in [-0.25, -0.2) is 9.97 Å². The van der Waals surface area contributed by atoms with Crippen molar-refractivity contribution < 1.29 is 4.79 Å². The number of hydrogen-bond donors (Lipinski definition) is 0. The number of fused-ring (bicyclic) bond motifs is 2. The molecule has 1 aromatic carbocycles. The Labute approximate surface area is 150 Å². The maximum absolute atomic E-state index is 13.0. The molecule has 6 heteroatoms. The fraction of sp³-hybridized carbons (Fsp3) is 0.263. The van der Waals surface area contributed by atoms with Gasteiger partial charge in [0.1, 0.15) is 5.69 Å². The van der Waals surface area contributed by atoms with Crippen LogP contribution < -0.4 is 4.90 Å². The lowest BCUT2D eigenvalue weighted by atomic mass is 10.0. The highest BCUT2D eigenvalue weighted by Gasteiger charge is 2.24. The van der Waals surface area contributed by atoms with E-state index in [1.54, 1.807) is 22.3 Å². The van der Waals surface area contributed by atoms with Crippen LogP contribution in [0.15, 0.2) is 43.1 Å². The Kier molecular flexibility index (Phi) is 4.28. The molecule has 0 fully saturated rings. The lowest BCUT2D eigenvalue weighted by Crippen LogP contribution is -2.31. The third-order valence-electron chi connectivity index (χ3n) is 4.29. The second-order valence-electron chi connectivity index (χ2n) is 6.02. The number of aromatic nitrogens is 3. The van der Waals surface area contributed by atoms with Crippen LogP contribution in [0.1, 0.15) is 33.9 Å². The molecule has 0 unspecified atom stereocenters. The van der Waals surface area contributed by atoms with Crippen LogP contribution in [0.2, 0.25) is 0 Å². The molecule has 1 aliphatic rings. The summed E-state index contributed by atoms with van der Waals surface area (Å²) in [5, 5.41) is 0.728. The van der Waals surface area contributed by atoms with Crippen molar-refractivity contribution in [3.63, 3.8) is 0 Å². The molecule has 1 aliphatic carbocycles. The Morgan fingerprint density at radius 1 is 1.20 bits per heavy atom. The maximum Gasteiger partial charge on any atom is 0.280 e. The predicted molar refractivity (Wildman–Crippen MR) is 100 cm³/mol. The first kappa shape index (κ1) is 15.9. The van der Waals surface area contributed by atoms with Crippen molar-refractivity contribution in [2.45, 2.75) is 25.7 Å². The minimum absolute atomic E-state index is 0.191. The Bertz CT molecular complexity index is 926. The number of thiazole rings is 1. The summed E-state index contributed by atoms with van der Waals surface area (Å²) in [5.74, 6) is -0.191. The third-order valence-corrected chi connectivity index (χ3v) is 5.47. The fourth-order valence-electron chi connectivity index (χ4n) is 3.03. The van der Waals surface area contributed by atoms with E-state index in [1.165, 1.54) is 23.9 Å². The van der Waals surface area contributed by atoms with E-state index in [4.69, 9.17) is 4.98 Å². The van der Waals surface area contributed by atoms with Gasteiger partial charge < -0.3 is 0 Å². The summed E-state index contributed by atoms with van der Waals surface area (Å²) in [6.07, 6.45) is 7.67. The van der Waals surface area contributed by atoms with E-state index >= 15 is 0 Å². The molecule has 2 aromatic heterocycles. The van der Waals surface area contributed by atoms with Crippen molar-refractivity contribution in [3.8, 4) is 0 Å². The number of carbonyl (C=O) groups is 1. The highest BCUT2D eigenvalue weighted by atomic mass is 32.1. The van der Waals surface area contributed by atoms with E-state index < -0.39 is 0 Å². The van der Waals surface area contributed by atoms with Gasteiger partial charge in [0.25, 0.3) is 5.91 Å². The fourth-order valence-corrected chi connectivity index (χ4v) is 4.19. The average molecular weight is 350 g/mol. The molecular formula is C19H18N4OS. The normalized spacial score (nSPS) is 13.4.